The van der Waals surface area contributed by atoms with Crippen molar-refractivity contribution in [2.45, 2.75) is 12.5 Å². The third-order valence-corrected chi connectivity index (χ3v) is 3.16. The molecule has 6 heteroatoms. The molecule has 14 heavy (non-hydrogen) atoms. The van der Waals surface area contributed by atoms with Gasteiger partial charge in [-0.25, -0.2) is 8.42 Å². The van der Waals surface area contributed by atoms with Crippen LogP contribution in [0.4, 0.5) is 0 Å². The lowest BCUT2D eigenvalue weighted by molar-refractivity contribution is 0.444. The highest BCUT2D eigenvalue weighted by molar-refractivity contribution is 9.10. The van der Waals surface area contributed by atoms with Crippen LogP contribution in [0.5, 0.6) is 0 Å². The highest BCUT2D eigenvalue weighted by Gasteiger charge is 2.13. The van der Waals surface area contributed by atoms with Gasteiger partial charge in [-0.3, -0.25) is 0 Å². The van der Waals surface area contributed by atoms with Gasteiger partial charge in [-0.05, 0) is 34.5 Å². The molecule has 0 bridgehead atoms. The highest BCUT2D eigenvalue weighted by Crippen LogP contribution is 2.21. The van der Waals surface area contributed by atoms with Gasteiger partial charge >= 0.3 is 0 Å². The Bertz CT molecular complexity index is 398. The maximum atomic E-state index is 10.9. The Kier molecular flexibility index (Phi) is 3.74. The van der Waals surface area contributed by atoms with Gasteiger partial charge in [-0.2, -0.15) is 0 Å². The van der Waals surface area contributed by atoms with Crippen molar-refractivity contribution in [3.63, 3.8) is 0 Å². The summed E-state index contributed by atoms with van der Waals surface area (Å²) in [7, 11) is -2.95. The minimum atomic E-state index is -2.95. The summed E-state index contributed by atoms with van der Waals surface area (Å²) >= 11 is 3.15. The van der Waals surface area contributed by atoms with Crippen LogP contribution < -0.4 is 5.73 Å². The standard InChI is InChI=1S/C8H12BrNO3S/c1-14(11,12)5-4-6(10)7-2-3-8(9)13-7/h2-3,6H,4-5,10H2,1H3. The van der Waals surface area contributed by atoms with Crippen molar-refractivity contribution in [2.75, 3.05) is 12.0 Å². The number of sulfone groups is 1. The SMILES string of the molecule is CS(=O)(=O)CCC(N)c1ccc(Br)o1. The average molecular weight is 282 g/mol. The first-order chi connectivity index (χ1) is 6.38. The van der Waals surface area contributed by atoms with E-state index in [0.717, 1.165) is 0 Å². The third-order valence-electron chi connectivity index (χ3n) is 1.76. The molecule has 1 heterocycles. The van der Waals surface area contributed by atoms with Crippen LogP contribution in [0.25, 0.3) is 0 Å². The van der Waals surface area contributed by atoms with Gasteiger partial charge in [-0.1, -0.05) is 0 Å². The molecular weight excluding hydrogens is 270 g/mol. The number of rotatable bonds is 4. The van der Waals surface area contributed by atoms with Crippen LogP contribution in [-0.4, -0.2) is 20.4 Å². The van der Waals surface area contributed by atoms with E-state index in [-0.39, 0.29) is 11.8 Å². The quantitative estimate of drug-likeness (QED) is 0.907. The van der Waals surface area contributed by atoms with Gasteiger partial charge < -0.3 is 10.2 Å². The van der Waals surface area contributed by atoms with E-state index in [1.807, 2.05) is 0 Å². The van der Waals surface area contributed by atoms with Crippen LogP contribution in [0.15, 0.2) is 21.2 Å². The minimum absolute atomic E-state index is 0.0759. The zero-order chi connectivity index (χ0) is 10.8. The van der Waals surface area contributed by atoms with Crippen LogP contribution >= 0.6 is 15.9 Å². The number of hydrogen-bond acceptors (Lipinski definition) is 4. The first kappa shape index (κ1) is 11.7. The molecule has 0 aliphatic heterocycles. The summed E-state index contributed by atoms with van der Waals surface area (Å²) in [6.45, 7) is 0. The molecule has 0 radical (unpaired) electrons. The Morgan fingerprint density at radius 1 is 1.57 bits per heavy atom. The molecule has 0 saturated heterocycles. The highest BCUT2D eigenvalue weighted by atomic mass is 79.9. The molecule has 0 fully saturated rings. The van der Waals surface area contributed by atoms with Crippen LogP contribution in [0.3, 0.4) is 0 Å². The zero-order valence-corrected chi connectivity index (χ0v) is 10.1. The fourth-order valence-corrected chi connectivity index (χ4v) is 2.01. The third kappa shape index (κ3) is 3.81. The molecule has 1 rings (SSSR count). The Labute approximate surface area is 91.5 Å². The van der Waals surface area contributed by atoms with Gasteiger partial charge in [0.2, 0.25) is 0 Å². The fraction of sp³-hybridized carbons (Fsp3) is 0.500. The summed E-state index contributed by atoms with van der Waals surface area (Å²) in [4.78, 5) is 0. The number of nitrogens with two attached hydrogens (primary N) is 1. The van der Waals surface area contributed by atoms with E-state index in [0.29, 0.717) is 16.9 Å². The van der Waals surface area contributed by atoms with Crippen molar-refractivity contribution in [2.24, 2.45) is 5.73 Å². The number of halogens is 1. The zero-order valence-electron chi connectivity index (χ0n) is 7.73. The Morgan fingerprint density at radius 2 is 2.21 bits per heavy atom. The predicted molar refractivity (Wildman–Crippen MR) is 57.7 cm³/mol. The normalized spacial score (nSPS) is 14.2. The van der Waals surface area contributed by atoms with Gasteiger partial charge in [0.15, 0.2) is 4.67 Å². The van der Waals surface area contributed by atoms with E-state index in [2.05, 4.69) is 15.9 Å². The van der Waals surface area contributed by atoms with Crippen LogP contribution in [0.2, 0.25) is 0 Å². The topological polar surface area (TPSA) is 73.3 Å². The van der Waals surface area contributed by atoms with Gasteiger partial charge in [0.25, 0.3) is 0 Å². The van der Waals surface area contributed by atoms with Gasteiger partial charge in [-0.15, -0.1) is 0 Å². The monoisotopic (exact) mass is 281 g/mol. The van der Waals surface area contributed by atoms with Gasteiger partial charge in [0, 0.05) is 6.26 Å². The van der Waals surface area contributed by atoms with Crippen molar-refractivity contribution < 1.29 is 12.8 Å². The van der Waals surface area contributed by atoms with E-state index >= 15 is 0 Å². The summed E-state index contributed by atoms with van der Waals surface area (Å²) in [6, 6.07) is 3.10. The van der Waals surface area contributed by atoms with Crippen molar-refractivity contribution in [1.29, 1.82) is 0 Å². The first-order valence-electron chi connectivity index (χ1n) is 4.07. The Morgan fingerprint density at radius 3 is 2.64 bits per heavy atom. The molecule has 80 valence electrons. The molecule has 0 aliphatic rings. The maximum absolute atomic E-state index is 10.9. The molecule has 0 saturated carbocycles. The van der Waals surface area contributed by atoms with E-state index < -0.39 is 9.84 Å². The molecule has 1 unspecified atom stereocenters. The fourth-order valence-electron chi connectivity index (χ4n) is 1.01. The molecule has 4 nitrogen and oxygen atoms in total. The van der Waals surface area contributed by atoms with Gasteiger partial charge in [0.05, 0.1) is 11.8 Å². The molecule has 1 atom stereocenters. The largest absolute Gasteiger partial charge is 0.453 e. The van der Waals surface area contributed by atoms with Crippen molar-refractivity contribution >= 4 is 25.8 Å². The minimum Gasteiger partial charge on any atom is -0.453 e. The molecule has 1 aromatic heterocycles. The lowest BCUT2D eigenvalue weighted by atomic mass is 10.2. The molecule has 0 amide bonds. The summed E-state index contributed by atoms with van der Waals surface area (Å²) < 4.78 is 27.6. The first-order valence-corrected chi connectivity index (χ1v) is 6.92. The van der Waals surface area contributed by atoms with E-state index in [1.54, 1.807) is 12.1 Å². The van der Waals surface area contributed by atoms with E-state index in [9.17, 15) is 8.42 Å². The average Bonchev–Trinajstić information content (AvgIpc) is 2.46. The smallest absolute Gasteiger partial charge is 0.169 e. The Balaban J connectivity index is 2.55. The van der Waals surface area contributed by atoms with Crippen LogP contribution in [0.1, 0.15) is 18.2 Å². The Hall–Kier alpha value is -0.330. The summed E-state index contributed by atoms with van der Waals surface area (Å²) in [5.41, 5.74) is 5.74. The van der Waals surface area contributed by atoms with Crippen LogP contribution in [-0.2, 0) is 9.84 Å². The van der Waals surface area contributed by atoms with Crippen LogP contribution in [0, 0.1) is 0 Å². The van der Waals surface area contributed by atoms with Crippen molar-refractivity contribution in [3.05, 3.63) is 22.6 Å². The molecule has 1 aromatic rings. The number of hydrogen-bond donors (Lipinski definition) is 1. The predicted octanol–water partition coefficient (Wildman–Crippen LogP) is 1.48. The van der Waals surface area contributed by atoms with Gasteiger partial charge in [0.1, 0.15) is 15.6 Å². The second kappa shape index (κ2) is 4.46. The molecule has 0 aromatic carbocycles. The number of furan rings is 1. The van der Waals surface area contributed by atoms with E-state index in [1.165, 1.54) is 6.26 Å². The lowest BCUT2D eigenvalue weighted by Gasteiger charge is -2.06. The lowest BCUT2D eigenvalue weighted by Crippen LogP contribution is -2.14. The molecule has 0 spiro atoms. The van der Waals surface area contributed by atoms with Crippen molar-refractivity contribution in [1.82, 2.24) is 0 Å². The molecule has 2 N–H and O–H groups in total. The maximum Gasteiger partial charge on any atom is 0.169 e. The van der Waals surface area contributed by atoms with E-state index in [4.69, 9.17) is 10.2 Å². The summed E-state index contributed by atoms with van der Waals surface area (Å²) in [5, 5.41) is 0. The second-order valence-corrected chi connectivity index (χ2v) is 6.21. The molecule has 0 aliphatic carbocycles. The molecular formula is C8H12BrNO3S. The van der Waals surface area contributed by atoms with Crippen molar-refractivity contribution in [3.8, 4) is 0 Å². The summed E-state index contributed by atoms with van der Waals surface area (Å²) in [6.07, 6.45) is 1.57. The second-order valence-electron chi connectivity index (χ2n) is 3.17. The summed E-state index contributed by atoms with van der Waals surface area (Å²) in [5.74, 6) is 0.674.